The lowest BCUT2D eigenvalue weighted by Crippen LogP contribution is -2.33. The van der Waals surface area contributed by atoms with Crippen molar-refractivity contribution in [1.82, 2.24) is 5.43 Å². The lowest BCUT2D eigenvalue weighted by atomic mass is 10.2. The largest absolute Gasteiger partial charge is 0.497 e. The molecule has 0 fully saturated rings. The van der Waals surface area contributed by atoms with E-state index in [1.807, 2.05) is 0 Å². The highest BCUT2D eigenvalue weighted by atomic mass is 16.5. The molecule has 0 bridgehead atoms. The Kier molecular flexibility index (Phi) is 3.72. The van der Waals surface area contributed by atoms with E-state index in [0.717, 1.165) is 0 Å². The molecular formula is C17H12N2O4. The number of nitrogens with one attached hydrogen (secondary N) is 1. The Morgan fingerprint density at radius 3 is 2.26 bits per heavy atom. The van der Waals surface area contributed by atoms with Crippen molar-refractivity contribution < 1.29 is 9.53 Å². The lowest BCUT2D eigenvalue weighted by Gasteiger charge is -2.01. The van der Waals surface area contributed by atoms with Crippen LogP contribution in [0.1, 0.15) is 10.4 Å². The Hall–Kier alpha value is -3.28. The number of carbonyl (C=O) groups is 1. The molecule has 0 heterocycles. The van der Waals surface area contributed by atoms with Gasteiger partial charge in [-0.2, -0.15) is 5.10 Å². The van der Waals surface area contributed by atoms with Crippen LogP contribution in [0.25, 0.3) is 10.8 Å². The summed E-state index contributed by atoms with van der Waals surface area (Å²) in [5, 5.41) is 4.51. The van der Waals surface area contributed by atoms with E-state index in [-0.39, 0.29) is 5.36 Å². The molecule has 0 aliphatic carbocycles. The van der Waals surface area contributed by atoms with Crippen LogP contribution in [0.5, 0.6) is 5.75 Å². The first-order valence-corrected chi connectivity index (χ1v) is 6.82. The van der Waals surface area contributed by atoms with E-state index >= 15 is 0 Å². The molecule has 0 aromatic heterocycles. The molecule has 1 N–H and O–H groups in total. The molecular weight excluding hydrogens is 296 g/mol. The summed E-state index contributed by atoms with van der Waals surface area (Å²) < 4.78 is 5.01. The summed E-state index contributed by atoms with van der Waals surface area (Å²) in [5.41, 5.74) is 1.33. The number of methoxy groups -OCH3 is 1. The number of benzene rings is 2. The molecule has 3 rings (SSSR count). The average Bonchev–Trinajstić information content (AvgIpc) is 2.84. The molecule has 114 valence electrons. The van der Waals surface area contributed by atoms with Crippen LogP contribution in [0.3, 0.4) is 0 Å². The van der Waals surface area contributed by atoms with Gasteiger partial charge in [0.05, 0.1) is 7.11 Å². The van der Waals surface area contributed by atoms with Crippen molar-refractivity contribution in [3.63, 3.8) is 0 Å². The predicted octanol–water partition coefficient (Wildman–Crippen LogP) is 0.690. The fraction of sp³-hybridized carbons (Fsp3) is 0.0588. The van der Waals surface area contributed by atoms with E-state index in [1.54, 1.807) is 48.5 Å². The third-order valence-corrected chi connectivity index (χ3v) is 3.47. The first-order valence-electron chi connectivity index (χ1n) is 6.82. The van der Waals surface area contributed by atoms with Gasteiger partial charge in [-0.05, 0) is 24.3 Å². The molecule has 0 aliphatic heterocycles. The monoisotopic (exact) mass is 308 g/mol. The van der Waals surface area contributed by atoms with E-state index in [0.29, 0.717) is 22.1 Å². The third kappa shape index (κ3) is 2.62. The number of nitrogens with zero attached hydrogens (tertiary/aromatic N) is 1. The summed E-state index contributed by atoms with van der Waals surface area (Å²) in [6.07, 6.45) is 0. The first-order chi connectivity index (χ1) is 11.1. The first kappa shape index (κ1) is 14.6. The smallest absolute Gasteiger partial charge is 0.271 e. The van der Waals surface area contributed by atoms with Crippen molar-refractivity contribution >= 4 is 16.7 Å². The highest BCUT2D eigenvalue weighted by Gasteiger charge is 2.11. The van der Waals surface area contributed by atoms with E-state index in [1.165, 1.54) is 7.11 Å². The number of hydrogen-bond donors (Lipinski definition) is 1. The minimum absolute atomic E-state index is 0.0486. The van der Waals surface area contributed by atoms with Crippen molar-refractivity contribution in [3.8, 4) is 5.75 Å². The molecule has 1 amide bonds. The molecule has 0 spiro atoms. The maximum atomic E-state index is 12.0. The number of hydrogen-bond acceptors (Lipinski definition) is 5. The number of carbonyl (C=O) groups excluding carboxylic acids is 1. The summed E-state index contributed by atoms with van der Waals surface area (Å²) in [5.74, 6) is 0.142. The summed E-state index contributed by atoms with van der Waals surface area (Å²) in [6.45, 7) is 0. The highest BCUT2D eigenvalue weighted by Crippen LogP contribution is 2.11. The quantitative estimate of drug-likeness (QED) is 0.570. The van der Waals surface area contributed by atoms with Crippen LogP contribution in [0.4, 0.5) is 0 Å². The van der Waals surface area contributed by atoms with Crippen molar-refractivity contribution in [1.29, 1.82) is 0 Å². The maximum Gasteiger partial charge on any atom is 0.271 e. The Morgan fingerprint density at radius 2 is 1.61 bits per heavy atom. The normalized spacial score (nSPS) is 11.6. The highest BCUT2D eigenvalue weighted by molar-refractivity contribution is 5.94. The number of rotatable bonds is 3. The zero-order valence-electron chi connectivity index (χ0n) is 12.2. The molecule has 3 aromatic carbocycles. The lowest BCUT2D eigenvalue weighted by molar-refractivity contribution is 0.0953. The second-order valence-corrected chi connectivity index (χ2v) is 4.83. The van der Waals surface area contributed by atoms with E-state index in [2.05, 4.69) is 10.5 Å². The zero-order valence-corrected chi connectivity index (χ0v) is 12.2. The third-order valence-electron chi connectivity index (χ3n) is 3.47. The van der Waals surface area contributed by atoms with Crippen LogP contribution in [-0.4, -0.2) is 13.0 Å². The van der Waals surface area contributed by atoms with Gasteiger partial charge in [0.2, 0.25) is 5.43 Å². The number of ether oxygens (including phenoxy) is 1. The van der Waals surface area contributed by atoms with Crippen molar-refractivity contribution in [2.45, 2.75) is 0 Å². The Balaban J connectivity index is 1.97. The minimum atomic E-state index is -0.721. The standard InChI is InChI=1S/C17H12N2O4/c1-23-11-8-6-10(7-9-11)17(22)19-18-14-12-4-2-3-5-13(12)15(20)16(14)21/h2-9H,1H3,(H,19,22). The van der Waals surface area contributed by atoms with Crippen molar-refractivity contribution in [2.75, 3.05) is 7.11 Å². The fourth-order valence-electron chi connectivity index (χ4n) is 2.26. The second-order valence-electron chi connectivity index (χ2n) is 4.83. The Morgan fingerprint density at radius 1 is 0.957 bits per heavy atom. The Bertz CT molecular complexity index is 1030. The molecule has 0 saturated heterocycles. The van der Waals surface area contributed by atoms with Gasteiger partial charge < -0.3 is 4.74 Å². The van der Waals surface area contributed by atoms with Crippen LogP contribution in [-0.2, 0) is 0 Å². The topological polar surface area (TPSA) is 84.8 Å². The predicted molar refractivity (Wildman–Crippen MR) is 84.9 cm³/mol. The minimum Gasteiger partial charge on any atom is -0.497 e. The van der Waals surface area contributed by atoms with Gasteiger partial charge in [-0.25, -0.2) is 5.43 Å². The van der Waals surface area contributed by atoms with Gasteiger partial charge >= 0.3 is 0 Å². The van der Waals surface area contributed by atoms with Gasteiger partial charge in [-0.15, -0.1) is 0 Å². The summed E-state index contributed by atoms with van der Waals surface area (Å²) >= 11 is 0. The average molecular weight is 308 g/mol. The number of amides is 1. The van der Waals surface area contributed by atoms with Gasteiger partial charge in [0.1, 0.15) is 11.1 Å². The molecule has 3 aromatic rings. The van der Waals surface area contributed by atoms with Crippen LogP contribution in [0.2, 0.25) is 0 Å². The SMILES string of the molecule is COc1ccc(C(=O)NN=c2c(=O)c(=O)c3ccccc23)cc1. The molecule has 23 heavy (non-hydrogen) atoms. The van der Waals surface area contributed by atoms with Gasteiger partial charge in [-0.1, -0.05) is 24.3 Å². The molecule has 0 aliphatic rings. The van der Waals surface area contributed by atoms with E-state index < -0.39 is 16.8 Å². The Labute approximate surface area is 130 Å². The molecule has 0 saturated carbocycles. The van der Waals surface area contributed by atoms with Gasteiger partial charge in [0.25, 0.3) is 11.3 Å². The molecule has 6 nitrogen and oxygen atoms in total. The van der Waals surface area contributed by atoms with E-state index in [4.69, 9.17) is 4.74 Å². The molecule has 0 unspecified atom stereocenters. The molecule has 0 radical (unpaired) electrons. The van der Waals surface area contributed by atoms with Crippen LogP contribution < -0.4 is 26.4 Å². The van der Waals surface area contributed by atoms with E-state index in [9.17, 15) is 14.4 Å². The van der Waals surface area contributed by atoms with Crippen LogP contribution >= 0.6 is 0 Å². The molecule has 0 atom stereocenters. The maximum absolute atomic E-state index is 12.0. The van der Waals surface area contributed by atoms with Crippen LogP contribution in [0, 0.1) is 0 Å². The van der Waals surface area contributed by atoms with Crippen molar-refractivity contribution in [3.05, 3.63) is 79.9 Å². The van der Waals surface area contributed by atoms with Gasteiger partial charge in [-0.3, -0.25) is 14.4 Å². The van der Waals surface area contributed by atoms with Crippen LogP contribution in [0.15, 0.2) is 63.2 Å². The summed E-state index contributed by atoms with van der Waals surface area (Å²) in [6, 6.07) is 13.0. The summed E-state index contributed by atoms with van der Waals surface area (Å²) in [7, 11) is 1.53. The van der Waals surface area contributed by atoms with Gasteiger partial charge in [0, 0.05) is 16.3 Å². The van der Waals surface area contributed by atoms with Gasteiger partial charge in [0.15, 0.2) is 0 Å². The zero-order chi connectivity index (χ0) is 16.4. The summed E-state index contributed by atoms with van der Waals surface area (Å²) in [4.78, 5) is 35.8. The second kappa shape index (κ2) is 5.84. The fourth-order valence-corrected chi connectivity index (χ4v) is 2.26. The molecule has 6 heteroatoms. The number of fused-ring (bicyclic) bond motifs is 1. The van der Waals surface area contributed by atoms with Crippen molar-refractivity contribution in [2.24, 2.45) is 5.10 Å².